The standard InChI is InChI=1S/C11H20O4S2/c1-4-7(16)10(12)14-9(6-3)15-11(13)8(17)5-2/h7-9,16-17H,4-6H2,1-3H3. The fraction of sp³-hybridized carbons (Fsp3) is 0.818. The van der Waals surface area contributed by atoms with Crippen molar-refractivity contribution in [3.05, 3.63) is 0 Å². The molecule has 0 aromatic heterocycles. The van der Waals surface area contributed by atoms with Gasteiger partial charge in [-0.1, -0.05) is 20.8 Å². The first-order chi connectivity index (χ1) is 7.96. The van der Waals surface area contributed by atoms with Crippen LogP contribution >= 0.6 is 25.3 Å². The second-order valence-electron chi connectivity index (χ2n) is 3.56. The van der Waals surface area contributed by atoms with Crippen molar-refractivity contribution in [1.82, 2.24) is 0 Å². The Morgan fingerprint density at radius 2 is 1.24 bits per heavy atom. The Balaban J connectivity index is 4.25. The molecular formula is C11H20O4S2. The Morgan fingerprint density at radius 3 is 1.47 bits per heavy atom. The van der Waals surface area contributed by atoms with Gasteiger partial charge >= 0.3 is 11.9 Å². The Hall–Kier alpha value is -0.360. The molecule has 0 saturated heterocycles. The van der Waals surface area contributed by atoms with Crippen LogP contribution in [-0.4, -0.2) is 28.7 Å². The number of esters is 2. The predicted octanol–water partition coefficient (Wildman–Crippen LogP) is 2.23. The van der Waals surface area contributed by atoms with E-state index in [0.29, 0.717) is 19.3 Å². The average Bonchev–Trinajstić information content (AvgIpc) is 2.35. The van der Waals surface area contributed by atoms with Crippen LogP contribution in [0.1, 0.15) is 40.0 Å². The summed E-state index contributed by atoms with van der Waals surface area (Å²) >= 11 is 8.12. The lowest BCUT2D eigenvalue weighted by Gasteiger charge is -2.19. The second-order valence-corrected chi connectivity index (χ2v) is 4.81. The summed E-state index contributed by atoms with van der Waals surface area (Å²) in [4.78, 5) is 22.9. The van der Waals surface area contributed by atoms with E-state index in [1.54, 1.807) is 6.92 Å². The van der Waals surface area contributed by atoms with Crippen molar-refractivity contribution < 1.29 is 19.1 Å². The summed E-state index contributed by atoms with van der Waals surface area (Å²) in [6.07, 6.45) is 0.691. The second kappa shape index (κ2) is 8.69. The van der Waals surface area contributed by atoms with E-state index in [1.165, 1.54) is 0 Å². The first kappa shape index (κ1) is 16.6. The van der Waals surface area contributed by atoms with Crippen molar-refractivity contribution in [3.63, 3.8) is 0 Å². The molecule has 0 saturated carbocycles. The molecule has 0 bridgehead atoms. The highest BCUT2D eigenvalue weighted by atomic mass is 32.1. The fourth-order valence-corrected chi connectivity index (χ4v) is 1.06. The fourth-order valence-electron chi connectivity index (χ4n) is 0.940. The zero-order valence-electron chi connectivity index (χ0n) is 10.4. The lowest BCUT2D eigenvalue weighted by Crippen LogP contribution is -2.30. The smallest absolute Gasteiger partial charge is 0.321 e. The third kappa shape index (κ3) is 6.21. The van der Waals surface area contributed by atoms with Gasteiger partial charge in [0.05, 0.1) is 10.5 Å². The van der Waals surface area contributed by atoms with Gasteiger partial charge < -0.3 is 9.47 Å². The van der Waals surface area contributed by atoms with E-state index in [1.807, 2.05) is 13.8 Å². The Bertz CT molecular complexity index is 234. The monoisotopic (exact) mass is 280 g/mol. The Morgan fingerprint density at radius 1 is 0.882 bits per heavy atom. The van der Waals surface area contributed by atoms with E-state index in [0.717, 1.165) is 0 Å². The summed E-state index contributed by atoms with van der Waals surface area (Å²) in [5, 5.41) is -0.971. The third-order valence-electron chi connectivity index (χ3n) is 2.15. The molecule has 0 aromatic carbocycles. The van der Waals surface area contributed by atoms with Gasteiger partial charge in [-0.2, -0.15) is 25.3 Å². The number of thiol groups is 2. The lowest BCUT2D eigenvalue weighted by molar-refractivity contribution is -0.187. The largest absolute Gasteiger partial charge is 0.424 e. The van der Waals surface area contributed by atoms with Crippen LogP contribution in [-0.2, 0) is 19.1 Å². The molecular weight excluding hydrogens is 260 g/mol. The van der Waals surface area contributed by atoms with Crippen molar-refractivity contribution in [1.29, 1.82) is 0 Å². The highest BCUT2D eigenvalue weighted by molar-refractivity contribution is 7.82. The maximum absolute atomic E-state index is 11.5. The van der Waals surface area contributed by atoms with Gasteiger partial charge in [0.1, 0.15) is 0 Å². The van der Waals surface area contributed by atoms with Gasteiger partial charge in [-0.25, -0.2) is 0 Å². The van der Waals surface area contributed by atoms with Gasteiger partial charge in [0.2, 0.25) is 6.29 Å². The van der Waals surface area contributed by atoms with E-state index in [9.17, 15) is 9.59 Å². The van der Waals surface area contributed by atoms with Crippen LogP contribution in [0.2, 0.25) is 0 Å². The molecule has 0 rings (SSSR count). The minimum Gasteiger partial charge on any atom is -0.424 e. The number of carbonyl (C=O) groups excluding carboxylic acids is 2. The van der Waals surface area contributed by atoms with Gasteiger partial charge in [-0.15, -0.1) is 0 Å². The molecule has 0 spiro atoms. The summed E-state index contributed by atoms with van der Waals surface area (Å²) < 4.78 is 10.1. The zero-order chi connectivity index (χ0) is 13.4. The highest BCUT2D eigenvalue weighted by Gasteiger charge is 2.23. The first-order valence-electron chi connectivity index (χ1n) is 5.73. The molecule has 0 aliphatic rings. The zero-order valence-corrected chi connectivity index (χ0v) is 12.2. The van der Waals surface area contributed by atoms with E-state index < -0.39 is 28.7 Å². The molecule has 4 nitrogen and oxygen atoms in total. The van der Waals surface area contributed by atoms with Crippen molar-refractivity contribution in [2.75, 3.05) is 0 Å². The Kier molecular flexibility index (Phi) is 8.51. The molecule has 0 N–H and O–H groups in total. The first-order valence-corrected chi connectivity index (χ1v) is 6.76. The highest BCUT2D eigenvalue weighted by Crippen LogP contribution is 2.11. The molecule has 2 atom stereocenters. The molecule has 6 heteroatoms. The van der Waals surface area contributed by atoms with Crippen molar-refractivity contribution >= 4 is 37.2 Å². The predicted molar refractivity (Wildman–Crippen MR) is 72.4 cm³/mol. The summed E-state index contributed by atoms with van der Waals surface area (Å²) in [6, 6.07) is 0. The minimum atomic E-state index is -0.850. The van der Waals surface area contributed by atoms with E-state index >= 15 is 0 Å². The topological polar surface area (TPSA) is 52.6 Å². The summed E-state index contributed by atoms with van der Waals surface area (Å²) in [6.45, 7) is 5.42. The quantitative estimate of drug-likeness (QED) is 0.426. The number of hydrogen-bond acceptors (Lipinski definition) is 6. The van der Waals surface area contributed by atoms with E-state index in [4.69, 9.17) is 9.47 Å². The molecule has 2 unspecified atom stereocenters. The molecule has 0 fully saturated rings. The van der Waals surface area contributed by atoms with Crippen LogP contribution in [0.3, 0.4) is 0 Å². The maximum Gasteiger partial charge on any atom is 0.321 e. The molecule has 0 aliphatic carbocycles. The number of rotatable bonds is 7. The molecule has 0 heterocycles. The van der Waals surface area contributed by atoms with E-state index in [2.05, 4.69) is 25.3 Å². The number of hydrogen-bond donors (Lipinski definition) is 2. The van der Waals surface area contributed by atoms with Crippen LogP contribution in [0.5, 0.6) is 0 Å². The van der Waals surface area contributed by atoms with Crippen LogP contribution in [0, 0.1) is 0 Å². The molecule has 0 radical (unpaired) electrons. The van der Waals surface area contributed by atoms with Crippen LogP contribution in [0.15, 0.2) is 0 Å². The van der Waals surface area contributed by atoms with Crippen LogP contribution < -0.4 is 0 Å². The number of ether oxygens (including phenoxy) is 2. The van der Waals surface area contributed by atoms with Gasteiger partial charge in [0, 0.05) is 6.42 Å². The lowest BCUT2D eigenvalue weighted by atomic mass is 10.3. The third-order valence-corrected chi connectivity index (χ3v) is 3.30. The average molecular weight is 280 g/mol. The normalized spacial score (nSPS) is 15.8. The van der Waals surface area contributed by atoms with Gasteiger partial charge in [0.15, 0.2) is 0 Å². The van der Waals surface area contributed by atoms with E-state index in [-0.39, 0.29) is 0 Å². The maximum atomic E-state index is 11.5. The van der Waals surface area contributed by atoms with Crippen molar-refractivity contribution in [2.45, 2.75) is 56.8 Å². The van der Waals surface area contributed by atoms with Gasteiger partial charge in [0.25, 0.3) is 0 Å². The minimum absolute atomic E-state index is 0.409. The van der Waals surface area contributed by atoms with Crippen molar-refractivity contribution in [2.24, 2.45) is 0 Å². The molecule has 17 heavy (non-hydrogen) atoms. The summed E-state index contributed by atoms with van der Waals surface area (Å²) in [5.41, 5.74) is 0. The molecule has 0 amide bonds. The van der Waals surface area contributed by atoms with Crippen molar-refractivity contribution in [3.8, 4) is 0 Å². The van der Waals surface area contributed by atoms with Gasteiger partial charge in [-0.3, -0.25) is 9.59 Å². The summed E-state index contributed by atoms with van der Waals surface area (Å²) in [7, 11) is 0. The SMILES string of the molecule is CCC(OC(=O)C(S)CC)OC(=O)C(S)CC. The molecule has 0 aliphatic heterocycles. The number of carbonyl (C=O) groups is 2. The Labute approximate surface area is 113 Å². The molecule has 0 aromatic rings. The van der Waals surface area contributed by atoms with Crippen LogP contribution in [0.4, 0.5) is 0 Å². The summed E-state index contributed by atoms with van der Waals surface area (Å²) in [5.74, 6) is -0.939. The van der Waals surface area contributed by atoms with Gasteiger partial charge in [-0.05, 0) is 12.8 Å². The van der Waals surface area contributed by atoms with Crippen LogP contribution in [0.25, 0.3) is 0 Å². The molecule has 100 valence electrons.